The Balaban J connectivity index is 2.14. The molecule has 0 amide bonds. The van der Waals surface area contributed by atoms with E-state index in [1.54, 1.807) is 0 Å². The second-order valence-corrected chi connectivity index (χ2v) is 4.69. The van der Waals surface area contributed by atoms with Crippen molar-refractivity contribution in [1.82, 2.24) is 0 Å². The van der Waals surface area contributed by atoms with Crippen LogP contribution >= 0.6 is 0 Å². The molecule has 0 unspecified atom stereocenters. The van der Waals surface area contributed by atoms with Crippen molar-refractivity contribution in [2.75, 3.05) is 6.61 Å². The van der Waals surface area contributed by atoms with Crippen LogP contribution in [0.15, 0.2) is 48.5 Å². The van der Waals surface area contributed by atoms with E-state index in [0.717, 1.165) is 36.3 Å². The average Bonchev–Trinajstić information content (AvgIpc) is 2.62. The minimum Gasteiger partial charge on any atom is -0.493 e. The molecule has 2 N–H and O–H groups in total. The van der Waals surface area contributed by atoms with Crippen LogP contribution in [0, 0.1) is 0 Å². The Morgan fingerprint density at radius 3 is 2.67 bits per heavy atom. The van der Waals surface area contributed by atoms with Gasteiger partial charge >= 0.3 is 0 Å². The summed E-state index contributed by atoms with van der Waals surface area (Å²) in [5, 5.41) is 0. The zero-order chi connectivity index (χ0) is 12.4. The Kier molecular flexibility index (Phi) is 3.03. The van der Waals surface area contributed by atoms with E-state index in [2.05, 4.69) is 30.3 Å². The number of para-hydroxylation sites is 1. The quantitative estimate of drug-likeness (QED) is 0.826. The van der Waals surface area contributed by atoms with Crippen molar-refractivity contribution in [3.8, 4) is 16.9 Å². The molecule has 0 saturated heterocycles. The number of benzene rings is 2. The molecule has 1 atom stereocenters. The summed E-state index contributed by atoms with van der Waals surface area (Å²) >= 11 is 0. The van der Waals surface area contributed by atoms with Crippen LogP contribution in [-0.2, 0) is 0 Å². The summed E-state index contributed by atoms with van der Waals surface area (Å²) in [6.07, 6.45) is 2.01. The van der Waals surface area contributed by atoms with Crippen LogP contribution in [0.3, 0.4) is 0 Å². The predicted octanol–water partition coefficient (Wildman–Crippen LogP) is 3.53. The van der Waals surface area contributed by atoms with E-state index in [9.17, 15) is 0 Å². The molecule has 0 saturated carbocycles. The van der Waals surface area contributed by atoms with Gasteiger partial charge in [-0.05, 0) is 18.4 Å². The lowest BCUT2D eigenvalue weighted by atomic mass is 9.97. The van der Waals surface area contributed by atoms with Crippen molar-refractivity contribution in [2.24, 2.45) is 5.73 Å². The number of nitrogens with two attached hydrogens (primary N) is 1. The maximum Gasteiger partial charge on any atom is 0.131 e. The van der Waals surface area contributed by atoms with Crippen molar-refractivity contribution in [3.63, 3.8) is 0 Å². The standard InChI is InChI=1S/C16H17NO/c17-15-10-5-11-18-16-13(8-4-9-14(15)16)12-6-2-1-3-7-12/h1-4,6-9,15H,5,10-11,17H2/t15-/m0/s1. The van der Waals surface area contributed by atoms with Gasteiger partial charge in [-0.25, -0.2) is 0 Å². The predicted molar refractivity (Wildman–Crippen MR) is 73.5 cm³/mol. The zero-order valence-corrected chi connectivity index (χ0v) is 10.3. The molecule has 1 aliphatic heterocycles. The van der Waals surface area contributed by atoms with Crippen LogP contribution < -0.4 is 10.5 Å². The summed E-state index contributed by atoms with van der Waals surface area (Å²) in [7, 11) is 0. The van der Waals surface area contributed by atoms with Gasteiger partial charge in [0.25, 0.3) is 0 Å². The molecule has 18 heavy (non-hydrogen) atoms. The maximum absolute atomic E-state index is 6.21. The van der Waals surface area contributed by atoms with E-state index in [-0.39, 0.29) is 6.04 Å². The number of ether oxygens (including phenoxy) is 1. The topological polar surface area (TPSA) is 35.2 Å². The molecule has 1 aliphatic rings. The second kappa shape index (κ2) is 4.83. The number of fused-ring (bicyclic) bond motifs is 1. The lowest BCUT2D eigenvalue weighted by Gasteiger charge is -2.15. The normalized spacial score (nSPS) is 18.6. The molecule has 0 radical (unpaired) electrons. The fourth-order valence-corrected chi connectivity index (χ4v) is 2.49. The lowest BCUT2D eigenvalue weighted by molar-refractivity contribution is 0.317. The molecular formula is C16H17NO. The van der Waals surface area contributed by atoms with Crippen molar-refractivity contribution in [1.29, 1.82) is 0 Å². The lowest BCUT2D eigenvalue weighted by Crippen LogP contribution is -2.09. The van der Waals surface area contributed by atoms with Gasteiger partial charge in [0.2, 0.25) is 0 Å². The molecule has 3 rings (SSSR count). The summed E-state index contributed by atoms with van der Waals surface area (Å²) in [6, 6.07) is 16.7. The Morgan fingerprint density at radius 1 is 1.00 bits per heavy atom. The van der Waals surface area contributed by atoms with Crippen LogP contribution in [-0.4, -0.2) is 6.61 Å². The van der Waals surface area contributed by atoms with Gasteiger partial charge < -0.3 is 10.5 Å². The summed E-state index contributed by atoms with van der Waals surface area (Å²) in [5.41, 5.74) is 9.67. The molecule has 0 spiro atoms. The molecule has 0 aromatic heterocycles. The first-order chi connectivity index (χ1) is 8.86. The van der Waals surface area contributed by atoms with Gasteiger partial charge in [-0.1, -0.05) is 48.5 Å². The fraction of sp³-hybridized carbons (Fsp3) is 0.250. The first-order valence-corrected chi connectivity index (χ1v) is 6.43. The van der Waals surface area contributed by atoms with Gasteiger partial charge in [0.15, 0.2) is 0 Å². The van der Waals surface area contributed by atoms with Gasteiger partial charge in [0.1, 0.15) is 5.75 Å². The smallest absolute Gasteiger partial charge is 0.131 e. The van der Waals surface area contributed by atoms with Gasteiger partial charge in [0, 0.05) is 17.2 Å². The van der Waals surface area contributed by atoms with Gasteiger partial charge in [-0.15, -0.1) is 0 Å². The molecule has 0 fully saturated rings. The third-order valence-electron chi connectivity index (χ3n) is 3.44. The maximum atomic E-state index is 6.21. The average molecular weight is 239 g/mol. The molecule has 0 bridgehead atoms. The summed E-state index contributed by atoms with van der Waals surface area (Å²) in [4.78, 5) is 0. The zero-order valence-electron chi connectivity index (χ0n) is 10.3. The van der Waals surface area contributed by atoms with Crippen LogP contribution in [0.2, 0.25) is 0 Å². The molecule has 2 nitrogen and oxygen atoms in total. The van der Waals surface area contributed by atoms with Gasteiger partial charge in [-0.3, -0.25) is 0 Å². The monoisotopic (exact) mass is 239 g/mol. The number of rotatable bonds is 1. The Labute approximate surface area is 107 Å². The third-order valence-corrected chi connectivity index (χ3v) is 3.44. The number of hydrogen-bond donors (Lipinski definition) is 1. The highest BCUT2D eigenvalue weighted by molar-refractivity contribution is 5.72. The van der Waals surface area contributed by atoms with Crippen molar-refractivity contribution < 1.29 is 4.74 Å². The highest BCUT2D eigenvalue weighted by atomic mass is 16.5. The van der Waals surface area contributed by atoms with Gasteiger partial charge in [-0.2, -0.15) is 0 Å². The summed E-state index contributed by atoms with van der Waals surface area (Å²) < 4.78 is 5.92. The van der Waals surface area contributed by atoms with Gasteiger partial charge in [0.05, 0.1) is 6.61 Å². The van der Waals surface area contributed by atoms with Crippen molar-refractivity contribution in [2.45, 2.75) is 18.9 Å². The Hall–Kier alpha value is -1.80. The molecular weight excluding hydrogens is 222 g/mol. The van der Waals surface area contributed by atoms with E-state index in [1.807, 2.05) is 18.2 Å². The minimum absolute atomic E-state index is 0.0890. The molecule has 92 valence electrons. The largest absolute Gasteiger partial charge is 0.493 e. The Bertz CT molecular complexity index is 536. The summed E-state index contributed by atoms with van der Waals surface area (Å²) in [5.74, 6) is 0.966. The fourth-order valence-electron chi connectivity index (χ4n) is 2.49. The van der Waals surface area contributed by atoms with E-state index >= 15 is 0 Å². The van der Waals surface area contributed by atoms with Crippen LogP contribution in [0.25, 0.3) is 11.1 Å². The minimum atomic E-state index is 0.0890. The van der Waals surface area contributed by atoms with Crippen molar-refractivity contribution in [3.05, 3.63) is 54.1 Å². The first-order valence-electron chi connectivity index (χ1n) is 6.43. The highest BCUT2D eigenvalue weighted by Crippen LogP contribution is 2.38. The van der Waals surface area contributed by atoms with Crippen LogP contribution in [0.5, 0.6) is 5.75 Å². The molecule has 1 heterocycles. The number of hydrogen-bond acceptors (Lipinski definition) is 2. The van der Waals surface area contributed by atoms with Crippen LogP contribution in [0.1, 0.15) is 24.4 Å². The molecule has 0 aliphatic carbocycles. The summed E-state index contributed by atoms with van der Waals surface area (Å²) in [6.45, 7) is 0.755. The van der Waals surface area contributed by atoms with Crippen molar-refractivity contribution >= 4 is 0 Å². The molecule has 2 aromatic rings. The molecule has 2 heteroatoms. The Morgan fingerprint density at radius 2 is 1.83 bits per heavy atom. The third kappa shape index (κ3) is 2.00. The van der Waals surface area contributed by atoms with E-state index in [1.165, 1.54) is 5.56 Å². The highest BCUT2D eigenvalue weighted by Gasteiger charge is 2.19. The van der Waals surface area contributed by atoms with E-state index in [0.29, 0.717) is 0 Å². The second-order valence-electron chi connectivity index (χ2n) is 4.69. The molecule has 2 aromatic carbocycles. The van der Waals surface area contributed by atoms with E-state index < -0.39 is 0 Å². The SMILES string of the molecule is N[C@H]1CCCOc2c(-c3ccccc3)cccc21. The van der Waals surface area contributed by atoms with E-state index in [4.69, 9.17) is 10.5 Å². The van der Waals surface area contributed by atoms with Crippen LogP contribution in [0.4, 0.5) is 0 Å². The first kappa shape index (κ1) is 11.3.